The topological polar surface area (TPSA) is 75.7 Å². The zero-order valence-corrected chi connectivity index (χ0v) is 16.6. The average Bonchev–Trinajstić information content (AvgIpc) is 3.23. The molecule has 8 heteroatoms. The molecule has 0 unspecified atom stereocenters. The van der Waals surface area contributed by atoms with Crippen molar-refractivity contribution < 1.29 is 17.9 Å². The fourth-order valence-electron chi connectivity index (χ4n) is 3.28. The maximum absolute atomic E-state index is 12.6. The van der Waals surface area contributed by atoms with Crippen molar-refractivity contribution in [2.75, 3.05) is 25.0 Å². The first-order valence-corrected chi connectivity index (χ1v) is 10.8. The van der Waals surface area contributed by atoms with Crippen molar-refractivity contribution in [3.63, 3.8) is 0 Å². The number of halogens is 1. The molecule has 0 radical (unpaired) electrons. The van der Waals surface area contributed by atoms with Crippen molar-refractivity contribution in [2.45, 2.75) is 17.7 Å². The van der Waals surface area contributed by atoms with E-state index in [2.05, 4.69) is 5.32 Å². The Labute approximate surface area is 168 Å². The lowest BCUT2D eigenvalue weighted by Gasteiger charge is -2.18. The molecular formula is C20H19ClN2O4S. The average molecular weight is 419 g/mol. The van der Waals surface area contributed by atoms with Crippen LogP contribution in [0.5, 0.6) is 5.75 Å². The van der Waals surface area contributed by atoms with E-state index in [1.165, 1.54) is 16.4 Å². The molecule has 4 rings (SSSR count). The van der Waals surface area contributed by atoms with Crippen molar-refractivity contribution in [3.05, 3.63) is 58.6 Å². The van der Waals surface area contributed by atoms with Crippen LogP contribution in [0.3, 0.4) is 0 Å². The van der Waals surface area contributed by atoms with E-state index in [9.17, 15) is 13.2 Å². The summed E-state index contributed by atoms with van der Waals surface area (Å²) in [5, 5.41) is 3.34. The second-order valence-electron chi connectivity index (χ2n) is 6.73. The Hall–Kier alpha value is -2.35. The van der Waals surface area contributed by atoms with Crippen molar-refractivity contribution in [3.8, 4) is 5.75 Å². The van der Waals surface area contributed by atoms with Crippen LogP contribution in [0.1, 0.15) is 18.4 Å². The summed E-state index contributed by atoms with van der Waals surface area (Å²) in [5.41, 5.74) is 1.72. The number of carbonyl (C=O) groups excluding carboxylic acids is 1. The summed E-state index contributed by atoms with van der Waals surface area (Å²) in [7, 11) is -3.47. The molecule has 1 N–H and O–H groups in total. The standard InChI is InChI=1S/C20H19ClN2O4S/c21-16-3-8-19-14(12-16)11-15(13-27-19)20(24)22-17-4-6-18(7-5-17)28(25,26)23-9-1-2-10-23/h3-8,11-12H,1-2,9-10,13H2,(H,22,24). The molecule has 2 aliphatic rings. The highest BCUT2D eigenvalue weighted by molar-refractivity contribution is 7.89. The lowest BCUT2D eigenvalue weighted by molar-refractivity contribution is -0.113. The van der Waals surface area contributed by atoms with Gasteiger partial charge in [0.1, 0.15) is 12.4 Å². The number of sulfonamides is 1. The van der Waals surface area contributed by atoms with Crippen LogP contribution in [0, 0.1) is 0 Å². The molecule has 0 aromatic heterocycles. The second-order valence-corrected chi connectivity index (χ2v) is 9.10. The lowest BCUT2D eigenvalue weighted by Crippen LogP contribution is -2.27. The SMILES string of the molecule is O=C(Nc1ccc(S(=O)(=O)N2CCCC2)cc1)C1=Cc2cc(Cl)ccc2OC1. The Kier molecular flexibility index (Phi) is 5.14. The van der Waals surface area contributed by atoms with Gasteiger partial charge in [-0.25, -0.2) is 8.42 Å². The van der Waals surface area contributed by atoms with Gasteiger partial charge >= 0.3 is 0 Å². The van der Waals surface area contributed by atoms with Gasteiger partial charge in [0.25, 0.3) is 5.91 Å². The van der Waals surface area contributed by atoms with Gasteiger partial charge in [-0.15, -0.1) is 0 Å². The van der Waals surface area contributed by atoms with E-state index in [1.54, 1.807) is 36.4 Å². The molecule has 0 spiro atoms. The number of nitrogens with one attached hydrogen (secondary N) is 1. The summed E-state index contributed by atoms with van der Waals surface area (Å²) in [4.78, 5) is 12.8. The largest absolute Gasteiger partial charge is 0.488 e. The van der Waals surface area contributed by atoms with Gasteiger partial charge in [-0.05, 0) is 61.4 Å². The minimum atomic E-state index is -3.47. The number of anilines is 1. The third kappa shape index (κ3) is 3.78. The number of fused-ring (bicyclic) bond motifs is 1. The van der Waals surface area contributed by atoms with Gasteiger partial charge in [0.15, 0.2) is 0 Å². The quantitative estimate of drug-likeness (QED) is 0.824. The molecule has 0 bridgehead atoms. The molecule has 2 aromatic carbocycles. The molecule has 28 heavy (non-hydrogen) atoms. The Morgan fingerprint density at radius 1 is 1.07 bits per heavy atom. The highest BCUT2D eigenvalue weighted by Crippen LogP contribution is 2.29. The number of hydrogen-bond acceptors (Lipinski definition) is 4. The maximum Gasteiger partial charge on any atom is 0.255 e. The van der Waals surface area contributed by atoms with Gasteiger partial charge in [0.2, 0.25) is 10.0 Å². The van der Waals surface area contributed by atoms with Crippen molar-refractivity contribution in [1.82, 2.24) is 4.31 Å². The number of ether oxygens (including phenoxy) is 1. The summed E-state index contributed by atoms with van der Waals surface area (Å²) in [6.45, 7) is 1.27. The van der Waals surface area contributed by atoms with Crippen LogP contribution in [0.2, 0.25) is 5.02 Å². The molecule has 1 saturated heterocycles. The number of benzene rings is 2. The number of amides is 1. The van der Waals surface area contributed by atoms with Crippen LogP contribution in [0.25, 0.3) is 6.08 Å². The summed E-state index contributed by atoms with van der Waals surface area (Å²) >= 11 is 5.99. The third-order valence-corrected chi connectivity index (χ3v) is 6.94. The first-order valence-electron chi connectivity index (χ1n) is 8.98. The first-order chi connectivity index (χ1) is 13.4. The Morgan fingerprint density at radius 3 is 2.50 bits per heavy atom. The zero-order valence-electron chi connectivity index (χ0n) is 15.0. The van der Waals surface area contributed by atoms with Gasteiger partial charge in [-0.1, -0.05) is 11.6 Å². The van der Waals surface area contributed by atoms with Gasteiger partial charge in [0.05, 0.1) is 10.5 Å². The molecule has 146 valence electrons. The van der Waals surface area contributed by atoms with Crippen LogP contribution in [0.15, 0.2) is 52.9 Å². The van der Waals surface area contributed by atoms with Crippen molar-refractivity contribution >= 4 is 39.3 Å². The van der Waals surface area contributed by atoms with Crippen LogP contribution in [-0.2, 0) is 14.8 Å². The van der Waals surface area contributed by atoms with Crippen LogP contribution < -0.4 is 10.1 Å². The molecule has 0 saturated carbocycles. The predicted octanol–water partition coefficient (Wildman–Crippen LogP) is 3.54. The van der Waals surface area contributed by atoms with Gasteiger partial charge in [0, 0.05) is 29.4 Å². The smallest absolute Gasteiger partial charge is 0.255 e. The van der Waals surface area contributed by atoms with Crippen LogP contribution in [0.4, 0.5) is 5.69 Å². The molecule has 2 aromatic rings. The zero-order chi connectivity index (χ0) is 19.7. The van der Waals surface area contributed by atoms with Crippen LogP contribution in [-0.4, -0.2) is 38.3 Å². The molecular weight excluding hydrogens is 400 g/mol. The Balaban J connectivity index is 1.48. The molecule has 0 aliphatic carbocycles. The van der Waals surface area contributed by atoms with E-state index in [4.69, 9.17) is 16.3 Å². The molecule has 6 nitrogen and oxygen atoms in total. The third-order valence-electron chi connectivity index (χ3n) is 4.79. The summed E-state index contributed by atoms with van der Waals surface area (Å²) in [5.74, 6) is 0.373. The van der Waals surface area contributed by atoms with Gasteiger partial charge < -0.3 is 10.1 Å². The fourth-order valence-corrected chi connectivity index (χ4v) is 4.98. The van der Waals surface area contributed by atoms with E-state index in [1.807, 2.05) is 0 Å². The second kappa shape index (κ2) is 7.58. The number of nitrogens with zero attached hydrogens (tertiary/aromatic N) is 1. The van der Waals surface area contributed by atoms with E-state index in [-0.39, 0.29) is 17.4 Å². The first kappa shape index (κ1) is 19.0. The summed E-state index contributed by atoms with van der Waals surface area (Å²) in [6.07, 6.45) is 3.52. The minimum Gasteiger partial charge on any atom is -0.488 e. The Bertz CT molecular complexity index is 1040. The molecule has 2 heterocycles. The van der Waals surface area contributed by atoms with Gasteiger partial charge in [-0.3, -0.25) is 4.79 Å². The summed E-state index contributed by atoms with van der Waals surface area (Å²) in [6, 6.07) is 11.5. The maximum atomic E-state index is 12.6. The fraction of sp³-hybridized carbons (Fsp3) is 0.250. The molecule has 2 aliphatic heterocycles. The monoisotopic (exact) mass is 418 g/mol. The number of carbonyl (C=O) groups is 1. The van der Waals surface area contributed by atoms with E-state index >= 15 is 0 Å². The van der Waals surface area contributed by atoms with E-state index < -0.39 is 10.0 Å². The molecule has 1 fully saturated rings. The van der Waals surface area contributed by atoms with E-state index in [0.29, 0.717) is 35.1 Å². The Morgan fingerprint density at radius 2 is 1.79 bits per heavy atom. The molecule has 1 amide bonds. The van der Waals surface area contributed by atoms with Gasteiger partial charge in [-0.2, -0.15) is 4.31 Å². The summed E-state index contributed by atoms with van der Waals surface area (Å²) < 4.78 is 32.2. The van der Waals surface area contributed by atoms with Crippen molar-refractivity contribution in [1.29, 1.82) is 0 Å². The number of hydrogen-bond donors (Lipinski definition) is 1. The molecule has 0 atom stereocenters. The highest BCUT2D eigenvalue weighted by atomic mass is 35.5. The predicted molar refractivity (Wildman–Crippen MR) is 108 cm³/mol. The van der Waals surface area contributed by atoms with Crippen molar-refractivity contribution in [2.24, 2.45) is 0 Å². The number of rotatable bonds is 4. The van der Waals surface area contributed by atoms with E-state index in [0.717, 1.165) is 18.4 Å². The van der Waals surface area contributed by atoms with Crippen LogP contribution >= 0.6 is 11.6 Å². The normalized spacial score (nSPS) is 16.8. The lowest BCUT2D eigenvalue weighted by atomic mass is 10.1. The highest BCUT2D eigenvalue weighted by Gasteiger charge is 2.27. The minimum absolute atomic E-state index is 0.155.